The average molecular weight is 346 g/mol. The van der Waals surface area contributed by atoms with Crippen molar-refractivity contribution in [2.75, 3.05) is 5.32 Å². The Bertz CT molecular complexity index is 924. The van der Waals surface area contributed by atoms with Crippen molar-refractivity contribution >= 4 is 22.6 Å². The molecule has 0 bridgehead atoms. The number of carbonyl (C=O) groups excluding carboxylic acids is 1. The summed E-state index contributed by atoms with van der Waals surface area (Å²) < 4.78 is 5.40. The third-order valence-electron chi connectivity index (χ3n) is 4.82. The van der Waals surface area contributed by atoms with Crippen LogP contribution in [-0.2, 0) is 11.3 Å². The Morgan fingerprint density at radius 3 is 2.69 bits per heavy atom. The summed E-state index contributed by atoms with van der Waals surface area (Å²) in [7, 11) is 0. The number of hydrogen-bond acceptors (Lipinski definition) is 3. The molecule has 0 spiro atoms. The lowest BCUT2D eigenvalue weighted by Crippen LogP contribution is -2.36. The van der Waals surface area contributed by atoms with Crippen molar-refractivity contribution in [1.82, 2.24) is 5.32 Å². The summed E-state index contributed by atoms with van der Waals surface area (Å²) in [5.74, 6) is 0. The predicted octanol–water partition coefficient (Wildman–Crippen LogP) is 5.01. The number of fused-ring (bicyclic) bond motifs is 3. The Balaban J connectivity index is 1.52. The summed E-state index contributed by atoms with van der Waals surface area (Å²) in [6.07, 6.45) is 0.443. The van der Waals surface area contributed by atoms with E-state index in [-0.39, 0.29) is 24.8 Å². The first-order chi connectivity index (χ1) is 12.7. The fourth-order valence-electron chi connectivity index (χ4n) is 3.57. The summed E-state index contributed by atoms with van der Waals surface area (Å²) in [5.41, 5.74) is 3.20. The number of benzene rings is 3. The lowest BCUT2D eigenvalue weighted by molar-refractivity contribution is 0.134. The number of rotatable bonds is 3. The molecule has 0 saturated heterocycles. The van der Waals surface area contributed by atoms with E-state index >= 15 is 0 Å². The molecule has 4 nitrogen and oxygen atoms in total. The van der Waals surface area contributed by atoms with E-state index in [1.165, 1.54) is 10.8 Å². The molecule has 1 heterocycles. The van der Waals surface area contributed by atoms with Crippen LogP contribution in [0.3, 0.4) is 0 Å². The molecular weight excluding hydrogens is 324 g/mol. The molecule has 4 heteroatoms. The summed E-state index contributed by atoms with van der Waals surface area (Å²) in [5, 5.41) is 8.99. The Morgan fingerprint density at radius 1 is 1.08 bits per heavy atom. The van der Waals surface area contributed by atoms with Crippen LogP contribution in [0, 0.1) is 0 Å². The van der Waals surface area contributed by atoms with Crippen LogP contribution < -0.4 is 10.6 Å². The maximum absolute atomic E-state index is 12.3. The first-order valence-electron chi connectivity index (χ1n) is 8.96. The van der Waals surface area contributed by atoms with Gasteiger partial charge in [0, 0.05) is 17.1 Å². The SMILES string of the molecule is CC1CC(NC(=O)OCc2ccccc2)c2ccc3ccccc3c2N1. The van der Waals surface area contributed by atoms with Crippen molar-refractivity contribution in [3.63, 3.8) is 0 Å². The zero-order valence-corrected chi connectivity index (χ0v) is 14.7. The normalized spacial score (nSPS) is 18.7. The van der Waals surface area contributed by atoms with E-state index in [1.54, 1.807) is 0 Å². The minimum atomic E-state index is -0.382. The van der Waals surface area contributed by atoms with Crippen LogP contribution in [0.4, 0.5) is 10.5 Å². The molecule has 0 fully saturated rings. The Kier molecular flexibility index (Phi) is 4.48. The van der Waals surface area contributed by atoms with Gasteiger partial charge in [-0.2, -0.15) is 0 Å². The number of hydrogen-bond donors (Lipinski definition) is 2. The van der Waals surface area contributed by atoms with Gasteiger partial charge >= 0.3 is 6.09 Å². The van der Waals surface area contributed by atoms with Gasteiger partial charge in [0.05, 0.1) is 6.04 Å². The quantitative estimate of drug-likeness (QED) is 0.701. The fraction of sp³-hybridized carbons (Fsp3) is 0.227. The monoisotopic (exact) mass is 346 g/mol. The van der Waals surface area contributed by atoms with Crippen LogP contribution in [-0.4, -0.2) is 12.1 Å². The molecule has 3 aromatic rings. The average Bonchev–Trinajstić information content (AvgIpc) is 2.67. The van der Waals surface area contributed by atoms with Crippen molar-refractivity contribution in [2.24, 2.45) is 0 Å². The lowest BCUT2D eigenvalue weighted by atomic mass is 9.91. The third-order valence-corrected chi connectivity index (χ3v) is 4.82. The minimum Gasteiger partial charge on any atom is -0.445 e. The first-order valence-corrected chi connectivity index (χ1v) is 8.96. The van der Waals surface area contributed by atoms with Crippen LogP contribution in [0.25, 0.3) is 10.8 Å². The zero-order valence-electron chi connectivity index (χ0n) is 14.7. The number of anilines is 1. The summed E-state index contributed by atoms with van der Waals surface area (Å²) >= 11 is 0. The molecule has 0 saturated carbocycles. The van der Waals surface area contributed by atoms with Crippen molar-refractivity contribution < 1.29 is 9.53 Å². The zero-order chi connectivity index (χ0) is 17.9. The molecule has 26 heavy (non-hydrogen) atoms. The van der Waals surface area contributed by atoms with Crippen LogP contribution in [0.2, 0.25) is 0 Å². The molecular formula is C22H22N2O2. The van der Waals surface area contributed by atoms with E-state index in [4.69, 9.17) is 4.74 Å². The van der Waals surface area contributed by atoms with Gasteiger partial charge in [-0.05, 0) is 29.9 Å². The first kappa shape index (κ1) is 16.5. The van der Waals surface area contributed by atoms with Gasteiger partial charge in [-0.3, -0.25) is 0 Å². The highest BCUT2D eigenvalue weighted by Gasteiger charge is 2.27. The second kappa shape index (κ2) is 7.08. The minimum absolute atomic E-state index is 0.0610. The number of ether oxygens (including phenoxy) is 1. The third kappa shape index (κ3) is 3.36. The Labute approximate surface area is 153 Å². The van der Waals surface area contributed by atoms with Crippen LogP contribution >= 0.6 is 0 Å². The smallest absolute Gasteiger partial charge is 0.407 e. The standard InChI is InChI=1S/C22H22N2O2/c1-15-13-20(24-22(25)26-14-16-7-3-2-4-8-16)19-12-11-17-9-5-6-10-18(17)21(19)23-15/h2-12,15,20,23H,13-14H2,1H3,(H,24,25). The largest absolute Gasteiger partial charge is 0.445 e. The van der Waals surface area contributed by atoms with Crippen LogP contribution in [0.15, 0.2) is 66.7 Å². The Hall–Kier alpha value is -3.01. The topological polar surface area (TPSA) is 50.4 Å². The van der Waals surface area contributed by atoms with E-state index in [0.717, 1.165) is 23.2 Å². The second-order valence-corrected chi connectivity index (χ2v) is 6.79. The molecule has 0 aliphatic carbocycles. The maximum atomic E-state index is 12.3. The molecule has 4 rings (SSSR count). The molecule has 2 N–H and O–H groups in total. The van der Waals surface area contributed by atoms with E-state index in [9.17, 15) is 4.79 Å². The van der Waals surface area contributed by atoms with Crippen LogP contribution in [0.1, 0.15) is 30.5 Å². The fourth-order valence-corrected chi connectivity index (χ4v) is 3.57. The lowest BCUT2D eigenvalue weighted by Gasteiger charge is -2.32. The number of amides is 1. The number of nitrogens with one attached hydrogen (secondary N) is 2. The van der Waals surface area contributed by atoms with Gasteiger partial charge in [-0.1, -0.05) is 66.7 Å². The van der Waals surface area contributed by atoms with Crippen LogP contribution in [0.5, 0.6) is 0 Å². The molecule has 1 aliphatic heterocycles. The summed E-state index contributed by atoms with van der Waals surface area (Å²) in [6.45, 7) is 2.41. The van der Waals surface area contributed by atoms with E-state index in [1.807, 2.05) is 42.5 Å². The van der Waals surface area contributed by atoms with Gasteiger partial charge in [-0.25, -0.2) is 4.79 Å². The van der Waals surface area contributed by atoms with Crippen molar-refractivity contribution in [3.05, 3.63) is 77.9 Å². The number of carbonyl (C=O) groups is 1. The van der Waals surface area contributed by atoms with E-state index in [0.29, 0.717) is 0 Å². The van der Waals surface area contributed by atoms with Crippen molar-refractivity contribution in [2.45, 2.75) is 32.0 Å². The molecule has 2 unspecified atom stereocenters. The highest BCUT2D eigenvalue weighted by molar-refractivity contribution is 5.96. The summed E-state index contributed by atoms with van der Waals surface area (Å²) in [4.78, 5) is 12.3. The van der Waals surface area contributed by atoms with Gasteiger partial charge < -0.3 is 15.4 Å². The molecule has 2 atom stereocenters. The number of alkyl carbamates (subject to hydrolysis) is 1. The highest BCUT2D eigenvalue weighted by Crippen LogP contribution is 2.37. The van der Waals surface area contributed by atoms with Gasteiger partial charge in [0.2, 0.25) is 0 Å². The van der Waals surface area contributed by atoms with Gasteiger partial charge in [0.25, 0.3) is 0 Å². The van der Waals surface area contributed by atoms with Gasteiger partial charge in [-0.15, -0.1) is 0 Å². The molecule has 0 aromatic heterocycles. The highest BCUT2D eigenvalue weighted by atomic mass is 16.5. The van der Waals surface area contributed by atoms with Crippen molar-refractivity contribution in [3.8, 4) is 0 Å². The second-order valence-electron chi connectivity index (χ2n) is 6.79. The van der Waals surface area contributed by atoms with E-state index in [2.05, 4.69) is 41.8 Å². The molecule has 3 aromatic carbocycles. The molecule has 132 valence electrons. The van der Waals surface area contributed by atoms with Gasteiger partial charge in [0.15, 0.2) is 0 Å². The molecule has 1 amide bonds. The van der Waals surface area contributed by atoms with Crippen molar-refractivity contribution in [1.29, 1.82) is 0 Å². The van der Waals surface area contributed by atoms with Gasteiger partial charge in [0.1, 0.15) is 6.61 Å². The molecule has 0 radical (unpaired) electrons. The summed E-state index contributed by atoms with van der Waals surface area (Å²) in [6, 6.07) is 22.4. The Morgan fingerprint density at radius 2 is 1.85 bits per heavy atom. The molecule has 1 aliphatic rings. The maximum Gasteiger partial charge on any atom is 0.407 e. The van der Waals surface area contributed by atoms with E-state index < -0.39 is 0 Å². The predicted molar refractivity (Wildman–Crippen MR) is 104 cm³/mol.